The van der Waals surface area contributed by atoms with E-state index in [1.54, 1.807) is 72.8 Å². The van der Waals surface area contributed by atoms with E-state index >= 15 is 0 Å². The third-order valence-corrected chi connectivity index (χ3v) is 4.61. The van der Waals surface area contributed by atoms with Crippen LogP contribution in [0.1, 0.15) is 15.9 Å². The summed E-state index contributed by atoms with van der Waals surface area (Å²) in [5.41, 5.74) is 3.62. The summed E-state index contributed by atoms with van der Waals surface area (Å²) in [7, 11) is 1.52. The number of halogens is 1. The maximum atomic E-state index is 12.2. The first kappa shape index (κ1) is 22.7. The maximum Gasteiger partial charge on any atom is 0.343 e. The van der Waals surface area contributed by atoms with E-state index in [1.165, 1.54) is 13.3 Å². The van der Waals surface area contributed by atoms with Gasteiger partial charge < -0.3 is 14.8 Å². The number of hydrazone groups is 1. The van der Waals surface area contributed by atoms with Crippen molar-refractivity contribution < 1.29 is 23.9 Å². The fraction of sp³-hybridized carbons (Fsp3) is 0.0435. The van der Waals surface area contributed by atoms with Crippen LogP contribution < -0.4 is 20.2 Å². The molecule has 0 aliphatic rings. The van der Waals surface area contributed by atoms with Crippen LogP contribution in [0, 0.1) is 0 Å². The predicted molar refractivity (Wildman–Crippen MR) is 123 cm³/mol. The molecule has 0 radical (unpaired) electrons. The summed E-state index contributed by atoms with van der Waals surface area (Å²) in [6.07, 6.45) is 1.36. The van der Waals surface area contributed by atoms with Gasteiger partial charge in [0.25, 0.3) is 0 Å². The third-order valence-electron chi connectivity index (χ3n) is 4.08. The molecule has 2 N–H and O–H groups in total. The lowest BCUT2D eigenvalue weighted by Crippen LogP contribution is -2.32. The molecule has 0 atom stereocenters. The van der Waals surface area contributed by atoms with Gasteiger partial charge in [-0.05, 0) is 72.3 Å². The Kier molecular flexibility index (Phi) is 7.71. The van der Waals surface area contributed by atoms with Gasteiger partial charge in [0.1, 0.15) is 11.5 Å². The third kappa shape index (κ3) is 6.51. The summed E-state index contributed by atoms with van der Waals surface area (Å²) < 4.78 is 11.3. The van der Waals surface area contributed by atoms with Crippen LogP contribution in [0.4, 0.5) is 5.69 Å². The van der Waals surface area contributed by atoms with Crippen molar-refractivity contribution in [2.45, 2.75) is 0 Å². The maximum absolute atomic E-state index is 12.2. The predicted octanol–water partition coefficient (Wildman–Crippen LogP) is 3.77. The largest absolute Gasteiger partial charge is 0.497 e. The first-order valence-electron chi connectivity index (χ1n) is 9.31. The van der Waals surface area contributed by atoms with Crippen molar-refractivity contribution in [3.63, 3.8) is 0 Å². The lowest BCUT2D eigenvalue weighted by atomic mass is 10.2. The van der Waals surface area contributed by atoms with Gasteiger partial charge in [-0.1, -0.05) is 22.0 Å². The molecule has 0 heterocycles. The first-order valence-corrected chi connectivity index (χ1v) is 10.1. The van der Waals surface area contributed by atoms with Crippen molar-refractivity contribution in [1.82, 2.24) is 5.43 Å². The second-order valence-electron chi connectivity index (χ2n) is 6.35. The van der Waals surface area contributed by atoms with Gasteiger partial charge in [-0.25, -0.2) is 10.2 Å². The Morgan fingerprint density at radius 2 is 1.62 bits per heavy atom. The molecule has 3 rings (SSSR count). The van der Waals surface area contributed by atoms with Crippen molar-refractivity contribution in [3.05, 3.63) is 88.4 Å². The van der Waals surface area contributed by atoms with Gasteiger partial charge in [0.05, 0.1) is 18.9 Å². The number of amides is 2. The quantitative estimate of drug-likeness (QED) is 0.178. The number of ether oxygens (including phenoxy) is 2. The molecule has 32 heavy (non-hydrogen) atoms. The minimum Gasteiger partial charge on any atom is -0.497 e. The van der Waals surface area contributed by atoms with Gasteiger partial charge in [-0.15, -0.1) is 0 Å². The normalized spacial score (nSPS) is 10.4. The minimum absolute atomic E-state index is 0.341. The van der Waals surface area contributed by atoms with Crippen LogP contribution in [0.15, 0.2) is 82.4 Å². The Labute approximate surface area is 192 Å². The van der Waals surface area contributed by atoms with E-state index in [4.69, 9.17) is 9.47 Å². The molecule has 2 amide bonds. The van der Waals surface area contributed by atoms with Crippen LogP contribution in [0.25, 0.3) is 0 Å². The molecule has 0 aliphatic heterocycles. The Bertz CT molecular complexity index is 1150. The molecule has 162 valence electrons. The van der Waals surface area contributed by atoms with Crippen molar-refractivity contribution in [2.75, 3.05) is 12.4 Å². The molecule has 0 aliphatic carbocycles. The van der Waals surface area contributed by atoms with Crippen molar-refractivity contribution in [2.24, 2.45) is 5.10 Å². The fourth-order valence-electron chi connectivity index (χ4n) is 2.48. The summed E-state index contributed by atoms with van der Waals surface area (Å²) >= 11 is 3.29. The zero-order valence-electron chi connectivity index (χ0n) is 16.9. The highest BCUT2D eigenvalue weighted by atomic mass is 79.9. The highest BCUT2D eigenvalue weighted by Gasteiger charge is 2.13. The smallest absolute Gasteiger partial charge is 0.343 e. The number of anilines is 1. The number of hydrogen-bond acceptors (Lipinski definition) is 6. The molecule has 0 fully saturated rings. The van der Waals surface area contributed by atoms with Crippen LogP contribution in [0.2, 0.25) is 0 Å². The van der Waals surface area contributed by atoms with Crippen molar-refractivity contribution in [1.29, 1.82) is 0 Å². The van der Waals surface area contributed by atoms with Gasteiger partial charge in [0.15, 0.2) is 0 Å². The molecule has 0 saturated heterocycles. The van der Waals surface area contributed by atoms with E-state index in [0.717, 1.165) is 4.47 Å². The Morgan fingerprint density at radius 1 is 0.906 bits per heavy atom. The van der Waals surface area contributed by atoms with E-state index in [1.807, 2.05) is 0 Å². The van der Waals surface area contributed by atoms with E-state index in [0.29, 0.717) is 28.3 Å². The summed E-state index contributed by atoms with van der Waals surface area (Å²) in [5.74, 6) is -1.38. The molecule has 9 heteroatoms. The number of methoxy groups -OCH3 is 1. The second-order valence-corrected chi connectivity index (χ2v) is 7.27. The zero-order chi connectivity index (χ0) is 22.9. The van der Waals surface area contributed by atoms with Crippen LogP contribution in [0.5, 0.6) is 11.5 Å². The van der Waals surface area contributed by atoms with Crippen LogP contribution in [-0.4, -0.2) is 31.1 Å². The number of esters is 1. The van der Waals surface area contributed by atoms with Crippen molar-refractivity contribution in [3.8, 4) is 11.5 Å². The lowest BCUT2D eigenvalue weighted by molar-refractivity contribution is -0.136. The average Bonchev–Trinajstić information content (AvgIpc) is 2.81. The summed E-state index contributed by atoms with van der Waals surface area (Å²) in [6.45, 7) is 0. The minimum atomic E-state index is -0.909. The van der Waals surface area contributed by atoms with Gasteiger partial charge in [-0.3, -0.25) is 9.59 Å². The van der Waals surface area contributed by atoms with Gasteiger partial charge in [-0.2, -0.15) is 5.10 Å². The topological polar surface area (TPSA) is 106 Å². The second kappa shape index (κ2) is 10.9. The monoisotopic (exact) mass is 495 g/mol. The van der Waals surface area contributed by atoms with Gasteiger partial charge in [0, 0.05) is 10.2 Å². The number of benzene rings is 3. The summed E-state index contributed by atoms with van der Waals surface area (Å²) in [6, 6.07) is 19.9. The molecule has 3 aromatic carbocycles. The highest BCUT2D eigenvalue weighted by Crippen LogP contribution is 2.17. The summed E-state index contributed by atoms with van der Waals surface area (Å²) in [4.78, 5) is 36.0. The lowest BCUT2D eigenvalue weighted by Gasteiger charge is -2.06. The summed E-state index contributed by atoms with van der Waals surface area (Å²) in [5, 5.41) is 6.22. The fourth-order valence-corrected chi connectivity index (χ4v) is 2.74. The molecular weight excluding hydrogens is 478 g/mol. The Morgan fingerprint density at radius 3 is 2.31 bits per heavy atom. The number of nitrogens with zero attached hydrogens (tertiary/aromatic N) is 1. The molecular formula is C23H18BrN3O5. The van der Waals surface area contributed by atoms with Crippen LogP contribution in [0.3, 0.4) is 0 Å². The highest BCUT2D eigenvalue weighted by molar-refractivity contribution is 9.10. The first-order chi connectivity index (χ1) is 15.4. The van der Waals surface area contributed by atoms with Gasteiger partial charge in [0.2, 0.25) is 0 Å². The van der Waals surface area contributed by atoms with E-state index in [-0.39, 0.29) is 0 Å². The number of hydrogen-bond donors (Lipinski definition) is 2. The zero-order valence-corrected chi connectivity index (χ0v) is 18.5. The van der Waals surface area contributed by atoms with Gasteiger partial charge >= 0.3 is 17.8 Å². The van der Waals surface area contributed by atoms with E-state index in [9.17, 15) is 14.4 Å². The molecule has 0 bridgehead atoms. The van der Waals surface area contributed by atoms with Crippen LogP contribution >= 0.6 is 15.9 Å². The van der Waals surface area contributed by atoms with Crippen molar-refractivity contribution >= 4 is 45.6 Å². The van der Waals surface area contributed by atoms with Crippen LogP contribution in [-0.2, 0) is 9.59 Å². The molecule has 0 unspecified atom stereocenters. The molecule has 8 nitrogen and oxygen atoms in total. The van der Waals surface area contributed by atoms with E-state index in [2.05, 4.69) is 31.8 Å². The molecule has 0 spiro atoms. The molecule has 0 aromatic heterocycles. The Hall–Kier alpha value is -3.98. The molecule has 0 saturated carbocycles. The number of carbonyl (C=O) groups excluding carboxylic acids is 3. The number of carbonyl (C=O) groups is 3. The molecule has 3 aromatic rings. The number of rotatable bonds is 6. The average molecular weight is 496 g/mol. The SMILES string of the molecule is COc1cccc(C(=O)Oc2ccc(/C=N/NC(=O)C(=O)Nc3ccc(Br)cc3)cc2)c1. The Balaban J connectivity index is 1.51. The number of nitrogens with one attached hydrogen (secondary N) is 2. The van der Waals surface area contributed by atoms with E-state index < -0.39 is 17.8 Å². The standard InChI is InChI=1S/C23H18BrN3O5/c1-31-20-4-2-3-16(13-20)23(30)32-19-11-5-15(6-12-19)14-25-27-22(29)21(28)26-18-9-7-17(24)8-10-18/h2-14H,1H3,(H,26,28)(H,27,29)/b25-14+.